The molecule has 0 bridgehead atoms. The quantitative estimate of drug-likeness (QED) is 0.112. The van der Waals surface area contributed by atoms with Crippen molar-refractivity contribution < 1.29 is 0 Å². The van der Waals surface area contributed by atoms with Gasteiger partial charge in [0, 0.05) is 5.41 Å². The van der Waals surface area contributed by atoms with Crippen molar-refractivity contribution >= 4 is 40.2 Å². The van der Waals surface area contributed by atoms with Crippen LogP contribution in [0.4, 0.5) is 11.4 Å². The summed E-state index contributed by atoms with van der Waals surface area (Å²) in [5.41, 5.74) is 9.37. The molecule has 4 heteroatoms. The number of nitriles is 1. The molecule has 0 unspecified atom stereocenters. The molecule has 6 aromatic rings. The van der Waals surface area contributed by atoms with Gasteiger partial charge >= 0.3 is 0 Å². The summed E-state index contributed by atoms with van der Waals surface area (Å²) in [7, 11) is -2.93. The molecular formula is C42H29N3Si. The first-order valence-electron chi connectivity index (χ1n) is 15.2. The van der Waals surface area contributed by atoms with Crippen LogP contribution in [0, 0.1) is 24.5 Å². The van der Waals surface area contributed by atoms with E-state index in [0.717, 1.165) is 21.1 Å². The molecule has 6 aromatic carbocycles. The molecule has 0 aromatic heterocycles. The van der Waals surface area contributed by atoms with Gasteiger partial charge in [0.1, 0.15) is 0 Å². The molecule has 0 heterocycles. The van der Waals surface area contributed by atoms with E-state index in [-0.39, 0.29) is 5.41 Å². The summed E-state index contributed by atoms with van der Waals surface area (Å²) in [6.07, 6.45) is 0. The molecule has 0 N–H and O–H groups in total. The normalized spacial score (nSPS) is 12.7. The summed E-state index contributed by atoms with van der Waals surface area (Å²) >= 11 is 0. The van der Waals surface area contributed by atoms with E-state index in [1.807, 2.05) is 36.4 Å². The maximum Gasteiger partial charge on any atom is 0.187 e. The van der Waals surface area contributed by atoms with Crippen LogP contribution >= 0.6 is 0 Å². The lowest BCUT2D eigenvalue weighted by molar-refractivity contribution is 0.660. The Morgan fingerprint density at radius 1 is 0.543 bits per heavy atom. The monoisotopic (exact) mass is 603 g/mol. The second kappa shape index (κ2) is 11.2. The summed E-state index contributed by atoms with van der Waals surface area (Å²) in [6.45, 7) is 19.7. The van der Waals surface area contributed by atoms with Gasteiger partial charge in [-0.25, -0.2) is 9.69 Å². The molecule has 1 aliphatic rings. The molecule has 46 heavy (non-hydrogen) atoms. The van der Waals surface area contributed by atoms with Crippen molar-refractivity contribution in [1.29, 1.82) is 5.26 Å². The van der Waals surface area contributed by atoms with Crippen molar-refractivity contribution in [3.63, 3.8) is 0 Å². The first kappa shape index (κ1) is 28.8. The third-order valence-corrected chi connectivity index (χ3v) is 14.3. The van der Waals surface area contributed by atoms with E-state index in [0.29, 0.717) is 16.9 Å². The maximum atomic E-state index is 9.58. The van der Waals surface area contributed by atoms with Crippen molar-refractivity contribution in [3.05, 3.63) is 179 Å². The zero-order valence-corrected chi connectivity index (χ0v) is 26.6. The minimum absolute atomic E-state index is 0.0749. The highest BCUT2D eigenvalue weighted by Crippen LogP contribution is 2.49. The van der Waals surface area contributed by atoms with Gasteiger partial charge in [-0.2, -0.15) is 5.26 Å². The molecule has 0 radical (unpaired) electrons. The molecule has 0 aliphatic heterocycles. The Morgan fingerprint density at radius 3 is 1.52 bits per heavy atom. The van der Waals surface area contributed by atoms with Crippen LogP contribution in [0.3, 0.4) is 0 Å². The molecule has 0 atom stereocenters. The van der Waals surface area contributed by atoms with Gasteiger partial charge in [-0.3, -0.25) is 0 Å². The highest BCUT2D eigenvalue weighted by Gasteiger charge is 2.41. The number of hydrogen-bond donors (Lipinski definition) is 0. The molecule has 1 aliphatic carbocycles. The summed E-state index contributed by atoms with van der Waals surface area (Å²) < 4.78 is 0. The van der Waals surface area contributed by atoms with Crippen molar-refractivity contribution in [2.75, 3.05) is 0 Å². The second-order valence-electron chi connectivity index (χ2n) is 12.3. The largest absolute Gasteiger partial charge is 0.238 e. The van der Waals surface area contributed by atoms with Crippen LogP contribution in [0.5, 0.6) is 0 Å². The Hall–Kier alpha value is -5.99. The highest BCUT2D eigenvalue weighted by molar-refractivity contribution is 7.19. The molecule has 0 spiro atoms. The van der Waals surface area contributed by atoms with E-state index in [1.165, 1.54) is 33.0 Å². The summed E-state index contributed by atoms with van der Waals surface area (Å²) in [6, 6.07) is 50.5. The average Bonchev–Trinajstić information content (AvgIpc) is 3.35. The molecule has 0 fully saturated rings. The Morgan fingerprint density at radius 2 is 1.00 bits per heavy atom. The number of rotatable bonds is 5. The van der Waals surface area contributed by atoms with E-state index in [4.69, 9.17) is 13.1 Å². The van der Waals surface area contributed by atoms with Crippen molar-refractivity contribution in [1.82, 2.24) is 0 Å². The number of fused-ring (bicyclic) bond motifs is 3. The lowest BCUT2D eigenvalue weighted by atomic mass is 9.81. The molecule has 3 nitrogen and oxygen atoms in total. The van der Waals surface area contributed by atoms with E-state index in [2.05, 4.69) is 133 Å². The van der Waals surface area contributed by atoms with Gasteiger partial charge in [0.15, 0.2) is 19.4 Å². The smallest absolute Gasteiger partial charge is 0.187 e. The third-order valence-electron chi connectivity index (χ3n) is 9.54. The fourth-order valence-corrected chi connectivity index (χ4v) is 11.8. The Balaban J connectivity index is 1.41. The summed E-state index contributed by atoms with van der Waals surface area (Å²) in [5.74, 6) is 0. The lowest BCUT2D eigenvalue weighted by Gasteiger charge is -2.35. The van der Waals surface area contributed by atoms with Crippen LogP contribution < -0.4 is 20.7 Å². The summed E-state index contributed by atoms with van der Waals surface area (Å²) in [4.78, 5) is 7.29. The zero-order valence-electron chi connectivity index (χ0n) is 25.6. The molecule has 216 valence electrons. The Bertz CT molecular complexity index is 2090. The van der Waals surface area contributed by atoms with E-state index >= 15 is 0 Å². The first-order chi connectivity index (χ1) is 22.4. The molecule has 0 saturated carbocycles. The average molecular weight is 604 g/mol. The lowest BCUT2D eigenvalue weighted by Crippen LogP contribution is -2.74. The van der Waals surface area contributed by atoms with Gasteiger partial charge in [-0.1, -0.05) is 135 Å². The van der Waals surface area contributed by atoms with Crippen molar-refractivity contribution in [2.24, 2.45) is 0 Å². The van der Waals surface area contributed by atoms with Gasteiger partial charge in [0.25, 0.3) is 0 Å². The van der Waals surface area contributed by atoms with Crippen LogP contribution in [-0.4, -0.2) is 8.07 Å². The predicted molar refractivity (Wildman–Crippen MR) is 190 cm³/mol. The number of hydrogen-bond acceptors (Lipinski definition) is 1. The SMILES string of the molecule is [C-]#[N+]c1ccc([Si](c2ccc(C#N)cc2)(c2ccc([N+]#[C-])cc2)c2ccc(-c3ccc4c(c3)C(C)(C)c3ccccc3-4)cc2)cc1. The van der Waals surface area contributed by atoms with Crippen LogP contribution in [0.25, 0.3) is 31.9 Å². The van der Waals surface area contributed by atoms with Crippen LogP contribution in [0.2, 0.25) is 0 Å². The maximum absolute atomic E-state index is 9.58. The van der Waals surface area contributed by atoms with Gasteiger partial charge in [0.2, 0.25) is 0 Å². The minimum Gasteiger partial charge on any atom is -0.238 e. The zero-order chi connectivity index (χ0) is 31.9. The van der Waals surface area contributed by atoms with Crippen LogP contribution in [0.15, 0.2) is 140 Å². The van der Waals surface area contributed by atoms with E-state index < -0.39 is 8.07 Å². The molecule has 0 saturated heterocycles. The van der Waals surface area contributed by atoms with E-state index in [1.54, 1.807) is 0 Å². The molecular weight excluding hydrogens is 575 g/mol. The minimum atomic E-state index is -2.93. The van der Waals surface area contributed by atoms with Gasteiger partial charge in [-0.05, 0) is 72.3 Å². The van der Waals surface area contributed by atoms with Crippen LogP contribution in [0.1, 0.15) is 30.5 Å². The number of benzene rings is 6. The predicted octanol–water partition coefficient (Wildman–Crippen LogP) is 8.01. The van der Waals surface area contributed by atoms with E-state index in [9.17, 15) is 5.26 Å². The standard InChI is InChI=1S/C42H29N3Si/c1-42(2)40-8-6-5-7-38(40)39-26-13-31(27-41(39)42)30-11-20-35(21-12-30)46(34-18-9-29(28-43)10-19-34,36-22-14-32(44-3)15-23-36)37-24-16-33(45-4)17-25-37/h5-27H,1-2H3. The molecule has 7 rings (SSSR count). The Labute approximate surface area is 271 Å². The van der Waals surface area contributed by atoms with Gasteiger partial charge in [-0.15, -0.1) is 0 Å². The highest BCUT2D eigenvalue weighted by atomic mass is 28.3. The topological polar surface area (TPSA) is 32.5 Å². The number of nitrogens with zero attached hydrogens (tertiary/aromatic N) is 3. The fourth-order valence-electron chi connectivity index (χ4n) is 7.16. The van der Waals surface area contributed by atoms with Gasteiger partial charge in [0.05, 0.1) is 24.8 Å². The van der Waals surface area contributed by atoms with Gasteiger partial charge < -0.3 is 0 Å². The Kier molecular flexibility index (Phi) is 6.99. The summed E-state index contributed by atoms with van der Waals surface area (Å²) in [5, 5.41) is 14.2. The van der Waals surface area contributed by atoms with Crippen molar-refractivity contribution in [3.8, 4) is 28.3 Å². The fraction of sp³-hybridized carbons (Fsp3) is 0.0714. The second-order valence-corrected chi connectivity index (χ2v) is 16.1. The van der Waals surface area contributed by atoms with Crippen molar-refractivity contribution in [2.45, 2.75) is 19.3 Å². The first-order valence-corrected chi connectivity index (χ1v) is 17.2. The van der Waals surface area contributed by atoms with Crippen LogP contribution in [-0.2, 0) is 5.41 Å². The molecule has 0 amide bonds. The third kappa shape index (κ3) is 4.46.